The number of rotatable bonds is 5. The second kappa shape index (κ2) is 6.02. The number of hydrogen-bond acceptors (Lipinski definition) is 3. The van der Waals surface area contributed by atoms with Crippen molar-refractivity contribution in [3.05, 3.63) is 51.5 Å². The fourth-order valence-electron chi connectivity index (χ4n) is 1.69. The van der Waals surface area contributed by atoms with E-state index in [2.05, 4.69) is 10.3 Å². The zero-order valence-corrected chi connectivity index (χ0v) is 10.9. The second-order valence-electron chi connectivity index (χ2n) is 4.05. The lowest BCUT2D eigenvalue weighted by atomic mass is 10.1. The minimum Gasteiger partial charge on any atom is -0.311 e. The third kappa shape index (κ3) is 3.85. The number of aryl methyl sites for hydroxylation is 1. The first-order chi connectivity index (χ1) is 8.63. The van der Waals surface area contributed by atoms with Crippen molar-refractivity contribution >= 4 is 11.3 Å². The molecule has 0 amide bonds. The van der Waals surface area contributed by atoms with Crippen LogP contribution in [0.4, 0.5) is 8.78 Å². The van der Waals surface area contributed by atoms with E-state index in [0.29, 0.717) is 18.5 Å². The molecule has 1 aromatic carbocycles. The van der Waals surface area contributed by atoms with Crippen LogP contribution in [0.2, 0.25) is 0 Å². The van der Waals surface area contributed by atoms with Crippen LogP contribution in [0.5, 0.6) is 0 Å². The van der Waals surface area contributed by atoms with Crippen molar-refractivity contribution in [1.29, 1.82) is 0 Å². The molecule has 0 atom stereocenters. The minimum absolute atomic E-state index is 0.525. The van der Waals surface area contributed by atoms with E-state index in [4.69, 9.17) is 0 Å². The Morgan fingerprint density at radius 1 is 1.22 bits per heavy atom. The van der Waals surface area contributed by atoms with Crippen LogP contribution in [-0.2, 0) is 13.0 Å². The van der Waals surface area contributed by atoms with Gasteiger partial charge in [0.1, 0.15) is 11.6 Å². The Kier molecular flexibility index (Phi) is 4.38. The van der Waals surface area contributed by atoms with E-state index in [1.54, 1.807) is 11.3 Å². The first-order valence-electron chi connectivity index (χ1n) is 5.70. The summed E-state index contributed by atoms with van der Waals surface area (Å²) in [6.07, 6.45) is 2.45. The van der Waals surface area contributed by atoms with Crippen molar-refractivity contribution in [2.24, 2.45) is 0 Å². The van der Waals surface area contributed by atoms with Gasteiger partial charge in [0.05, 0.1) is 5.01 Å². The van der Waals surface area contributed by atoms with Crippen LogP contribution in [0.1, 0.15) is 15.4 Å². The Balaban J connectivity index is 1.78. The van der Waals surface area contributed by atoms with E-state index in [9.17, 15) is 8.78 Å². The van der Waals surface area contributed by atoms with Crippen LogP contribution in [0.25, 0.3) is 0 Å². The topological polar surface area (TPSA) is 24.9 Å². The third-order valence-electron chi connectivity index (χ3n) is 2.48. The van der Waals surface area contributed by atoms with Gasteiger partial charge in [-0.1, -0.05) is 0 Å². The first kappa shape index (κ1) is 13.1. The molecule has 0 radical (unpaired) electrons. The largest absolute Gasteiger partial charge is 0.311 e. The van der Waals surface area contributed by atoms with Crippen LogP contribution in [0, 0.1) is 18.6 Å². The molecule has 0 aliphatic carbocycles. The smallest absolute Gasteiger partial charge is 0.126 e. The van der Waals surface area contributed by atoms with E-state index in [-0.39, 0.29) is 0 Å². The summed E-state index contributed by atoms with van der Waals surface area (Å²) in [5.74, 6) is -1.05. The fourth-order valence-corrected chi connectivity index (χ4v) is 2.45. The van der Waals surface area contributed by atoms with Gasteiger partial charge in [-0.2, -0.15) is 0 Å². The summed E-state index contributed by atoms with van der Waals surface area (Å²) in [5, 5.41) is 4.27. The number of nitrogens with zero attached hydrogens (tertiary/aromatic N) is 1. The molecule has 1 heterocycles. The van der Waals surface area contributed by atoms with E-state index >= 15 is 0 Å². The van der Waals surface area contributed by atoms with Gasteiger partial charge in [0.25, 0.3) is 0 Å². The predicted octanol–water partition coefficient (Wildman–Crippen LogP) is 3.06. The SMILES string of the molecule is Cc1ncc(CNCCc2cc(F)cc(F)c2)s1. The standard InChI is InChI=1S/C13H14F2N2S/c1-9-17-8-13(18-9)7-16-3-2-10-4-11(14)6-12(15)5-10/h4-6,8,16H,2-3,7H2,1H3. The second-order valence-corrected chi connectivity index (χ2v) is 5.37. The van der Waals surface area contributed by atoms with Gasteiger partial charge >= 0.3 is 0 Å². The molecule has 0 saturated heterocycles. The molecule has 2 nitrogen and oxygen atoms in total. The molecule has 0 aliphatic heterocycles. The zero-order chi connectivity index (χ0) is 13.0. The van der Waals surface area contributed by atoms with Crippen LogP contribution in [0.3, 0.4) is 0 Å². The number of thiazole rings is 1. The fraction of sp³-hybridized carbons (Fsp3) is 0.308. The Morgan fingerprint density at radius 3 is 2.56 bits per heavy atom. The Labute approximate surface area is 109 Å². The molecular formula is C13H14F2N2S. The van der Waals surface area contributed by atoms with Crippen LogP contribution < -0.4 is 5.32 Å². The van der Waals surface area contributed by atoms with Gasteiger partial charge in [-0.15, -0.1) is 11.3 Å². The van der Waals surface area contributed by atoms with Crippen molar-refractivity contribution in [3.8, 4) is 0 Å². The van der Waals surface area contributed by atoms with Gasteiger partial charge in [-0.3, -0.25) is 0 Å². The summed E-state index contributed by atoms with van der Waals surface area (Å²) >= 11 is 1.65. The van der Waals surface area contributed by atoms with E-state index in [1.165, 1.54) is 12.1 Å². The molecule has 0 saturated carbocycles. The van der Waals surface area contributed by atoms with Gasteiger partial charge < -0.3 is 5.32 Å². The number of aromatic nitrogens is 1. The van der Waals surface area contributed by atoms with E-state index < -0.39 is 11.6 Å². The molecule has 1 aromatic heterocycles. The third-order valence-corrected chi connectivity index (χ3v) is 3.39. The van der Waals surface area contributed by atoms with Crippen molar-refractivity contribution in [2.75, 3.05) is 6.54 Å². The Hall–Kier alpha value is -1.33. The lowest BCUT2D eigenvalue weighted by Crippen LogP contribution is -2.16. The molecule has 0 aliphatic rings. The number of hydrogen-bond donors (Lipinski definition) is 1. The van der Waals surface area contributed by atoms with Gasteiger partial charge in [0, 0.05) is 23.7 Å². The maximum absolute atomic E-state index is 12.9. The summed E-state index contributed by atoms with van der Waals surface area (Å²) in [7, 11) is 0. The average molecular weight is 268 g/mol. The van der Waals surface area contributed by atoms with Crippen LogP contribution in [-0.4, -0.2) is 11.5 Å². The van der Waals surface area contributed by atoms with Crippen molar-refractivity contribution < 1.29 is 8.78 Å². The van der Waals surface area contributed by atoms with Crippen molar-refractivity contribution in [1.82, 2.24) is 10.3 Å². The monoisotopic (exact) mass is 268 g/mol. The molecule has 2 aromatic rings. The van der Waals surface area contributed by atoms with Gasteiger partial charge in [0.2, 0.25) is 0 Å². The van der Waals surface area contributed by atoms with Crippen LogP contribution >= 0.6 is 11.3 Å². The van der Waals surface area contributed by atoms with Gasteiger partial charge in [-0.25, -0.2) is 13.8 Å². The molecule has 96 valence electrons. The number of nitrogens with one attached hydrogen (secondary N) is 1. The maximum atomic E-state index is 12.9. The highest BCUT2D eigenvalue weighted by atomic mass is 32.1. The average Bonchev–Trinajstić information content (AvgIpc) is 2.69. The molecule has 0 fully saturated rings. The summed E-state index contributed by atoms with van der Waals surface area (Å²) in [6.45, 7) is 3.38. The Morgan fingerprint density at radius 2 is 1.94 bits per heavy atom. The molecule has 0 unspecified atom stereocenters. The lowest BCUT2D eigenvalue weighted by Gasteiger charge is -2.04. The maximum Gasteiger partial charge on any atom is 0.126 e. The lowest BCUT2D eigenvalue weighted by molar-refractivity contribution is 0.577. The molecule has 0 spiro atoms. The molecule has 5 heteroatoms. The summed E-state index contributed by atoms with van der Waals surface area (Å²) in [4.78, 5) is 5.32. The molecule has 0 bridgehead atoms. The van der Waals surface area contributed by atoms with Crippen LogP contribution in [0.15, 0.2) is 24.4 Å². The molecule has 2 rings (SSSR count). The van der Waals surface area contributed by atoms with Gasteiger partial charge in [-0.05, 0) is 37.6 Å². The molecule has 1 N–H and O–H groups in total. The highest BCUT2D eigenvalue weighted by Gasteiger charge is 2.01. The van der Waals surface area contributed by atoms with Gasteiger partial charge in [0.15, 0.2) is 0 Å². The highest BCUT2D eigenvalue weighted by Crippen LogP contribution is 2.11. The predicted molar refractivity (Wildman–Crippen MR) is 68.6 cm³/mol. The van der Waals surface area contributed by atoms with E-state index in [0.717, 1.165) is 22.5 Å². The Bertz CT molecular complexity index is 505. The highest BCUT2D eigenvalue weighted by molar-refractivity contribution is 7.11. The number of halogens is 2. The normalized spacial score (nSPS) is 10.8. The van der Waals surface area contributed by atoms with E-state index in [1.807, 2.05) is 13.1 Å². The zero-order valence-electron chi connectivity index (χ0n) is 10.0. The summed E-state index contributed by atoms with van der Waals surface area (Å²) < 4.78 is 25.9. The molecule has 18 heavy (non-hydrogen) atoms. The quantitative estimate of drug-likeness (QED) is 0.843. The summed E-state index contributed by atoms with van der Waals surface area (Å²) in [6, 6.07) is 3.61. The van der Waals surface area contributed by atoms with Crippen molar-refractivity contribution in [3.63, 3.8) is 0 Å². The summed E-state index contributed by atoms with van der Waals surface area (Å²) in [5.41, 5.74) is 0.667. The number of benzene rings is 1. The first-order valence-corrected chi connectivity index (χ1v) is 6.52. The molecular weight excluding hydrogens is 254 g/mol. The minimum atomic E-state index is -0.525. The van der Waals surface area contributed by atoms with Crippen molar-refractivity contribution in [2.45, 2.75) is 19.9 Å².